The second kappa shape index (κ2) is 14.4. The predicted octanol–water partition coefficient (Wildman–Crippen LogP) is 6.92. The lowest BCUT2D eigenvalue weighted by Crippen LogP contribution is -2.30. The fourth-order valence-electron chi connectivity index (χ4n) is 3.88. The van der Waals surface area contributed by atoms with Crippen molar-refractivity contribution in [3.63, 3.8) is 0 Å². The number of thiazole rings is 1. The number of hydrogen-bond acceptors (Lipinski definition) is 9. The van der Waals surface area contributed by atoms with E-state index in [-0.39, 0.29) is 28.6 Å². The van der Waals surface area contributed by atoms with Crippen molar-refractivity contribution in [2.45, 2.75) is 4.90 Å². The number of amides is 3. The number of thioether (sulfide) groups is 1. The number of nitro groups is 1. The van der Waals surface area contributed by atoms with E-state index in [0.717, 1.165) is 15.5 Å². The molecule has 3 amide bonds. The average molecular weight is 642 g/mol. The molecule has 13 heteroatoms. The first-order valence-corrected chi connectivity index (χ1v) is 15.8. The van der Waals surface area contributed by atoms with Crippen LogP contribution in [-0.4, -0.2) is 33.4 Å². The van der Waals surface area contributed by atoms with E-state index in [4.69, 9.17) is 0 Å². The highest BCUT2D eigenvalue weighted by Crippen LogP contribution is 2.29. The molecular formula is C31H23N5O5S3. The minimum atomic E-state index is -0.669. The number of rotatable bonds is 11. The Kier molecular flexibility index (Phi) is 9.92. The monoisotopic (exact) mass is 641 g/mol. The number of anilines is 2. The first-order chi connectivity index (χ1) is 21.4. The number of nitrogens with zero attached hydrogens (tertiary/aromatic N) is 2. The van der Waals surface area contributed by atoms with Gasteiger partial charge < -0.3 is 16.0 Å². The lowest BCUT2D eigenvalue weighted by molar-refractivity contribution is -0.385. The number of nitro benzene ring substituents is 1. The molecule has 0 unspecified atom stereocenters. The van der Waals surface area contributed by atoms with Crippen LogP contribution < -0.4 is 16.0 Å². The van der Waals surface area contributed by atoms with E-state index in [2.05, 4.69) is 20.9 Å². The van der Waals surface area contributed by atoms with Crippen molar-refractivity contribution >= 4 is 74.7 Å². The summed E-state index contributed by atoms with van der Waals surface area (Å²) in [5, 5.41) is 24.0. The molecule has 0 bridgehead atoms. The normalized spacial score (nSPS) is 11.0. The number of thiophene rings is 1. The third-order valence-electron chi connectivity index (χ3n) is 5.97. The maximum Gasteiger partial charge on any atom is 0.276 e. The summed E-state index contributed by atoms with van der Waals surface area (Å²) in [5.41, 5.74) is 1.33. The van der Waals surface area contributed by atoms with Crippen LogP contribution in [-0.2, 0) is 9.59 Å². The summed E-state index contributed by atoms with van der Waals surface area (Å²) in [7, 11) is 0. The number of benzene rings is 3. The largest absolute Gasteiger partial charge is 0.321 e. The van der Waals surface area contributed by atoms with E-state index in [1.807, 2.05) is 22.9 Å². The molecule has 0 fully saturated rings. The van der Waals surface area contributed by atoms with E-state index in [0.29, 0.717) is 16.4 Å². The Morgan fingerprint density at radius 1 is 0.886 bits per heavy atom. The highest BCUT2D eigenvalue weighted by atomic mass is 32.2. The predicted molar refractivity (Wildman–Crippen MR) is 175 cm³/mol. The van der Waals surface area contributed by atoms with Gasteiger partial charge in [-0.3, -0.25) is 24.5 Å². The molecule has 10 nitrogen and oxygen atoms in total. The van der Waals surface area contributed by atoms with E-state index < -0.39 is 16.7 Å². The quantitative estimate of drug-likeness (QED) is 0.0615. The second-order valence-corrected chi connectivity index (χ2v) is 11.9. The molecule has 220 valence electrons. The van der Waals surface area contributed by atoms with Gasteiger partial charge >= 0.3 is 0 Å². The Morgan fingerprint density at radius 3 is 2.36 bits per heavy atom. The number of para-hydroxylation sites is 1. The van der Waals surface area contributed by atoms with Crippen molar-refractivity contribution in [3.05, 3.63) is 129 Å². The summed E-state index contributed by atoms with van der Waals surface area (Å²) in [4.78, 5) is 55.9. The van der Waals surface area contributed by atoms with Crippen LogP contribution in [0.5, 0.6) is 0 Å². The van der Waals surface area contributed by atoms with Crippen LogP contribution in [0.3, 0.4) is 0 Å². The Balaban J connectivity index is 1.23. The molecule has 0 atom stereocenters. The van der Waals surface area contributed by atoms with Crippen LogP contribution in [0.1, 0.15) is 15.9 Å². The van der Waals surface area contributed by atoms with Crippen LogP contribution in [0, 0.1) is 10.1 Å². The van der Waals surface area contributed by atoms with Gasteiger partial charge in [-0.25, -0.2) is 4.98 Å². The molecule has 0 aliphatic heterocycles. The Labute approximate surface area is 264 Å². The minimum absolute atomic E-state index is 0.154. The lowest BCUT2D eigenvalue weighted by Gasteiger charge is -2.12. The zero-order chi connectivity index (χ0) is 30.9. The zero-order valence-electron chi connectivity index (χ0n) is 22.8. The molecule has 0 saturated heterocycles. The molecule has 3 N–H and O–H groups in total. The molecule has 0 saturated carbocycles. The van der Waals surface area contributed by atoms with Crippen LogP contribution >= 0.6 is 34.4 Å². The fraction of sp³-hybridized carbons (Fsp3) is 0.0323. The summed E-state index contributed by atoms with van der Waals surface area (Å²) >= 11 is 4.26. The summed E-state index contributed by atoms with van der Waals surface area (Å²) in [5.74, 6) is -1.25. The summed E-state index contributed by atoms with van der Waals surface area (Å²) in [6, 6.07) is 25.0. The molecule has 2 heterocycles. The van der Waals surface area contributed by atoms with Crippen LogP contribution in [0.4, 0.5) is 16.5 Å². The van der Waals surface area contributed by atoms with Gasteiger partial charge in [0, 0.05) is 27.6 Å². The second-order valence-electron chi connectivity index (χ2n) is 9.02. The molecular weight excluding hydrogens is 619 g/mol. The smallest absolute Gasteiger partial charge is 0.276 e. The minimum Gasteiger partial charge on any atom is -0.321 e. The molecule has 0 aliphatic carbocycles. The van der Waals surface area contributed by atoms with Gasteiger partial charge in [0.25, 0.3) is 17.5 Å². The number of carbonyl (C=O) groups is 3. The van der Waals surface area contributed by atoms with Crippen molar-refractivity contribution in [2.75, 3.05) is 16.4 Å². The fourth-order valence-corrected chi connectivity index (χ4v) is 6.07. The average Bonchev–Trinajstić information content (AvgIpc) is 3.74. The number of aromatic nitrogens is 1. The van der Waals surface area contributed by atoms with Crippen molar-refractivity contribution in [3.8, 4) is 10.6 Å². The highest BCUT2D eigenvalue weighted by molar-refractivity contribution is 8.00. The molecule has 0 radical (unpaired) electrons. The van der Waals surface area contributed by atoms with Crippen LogP contribution in [0.2, 0.25) is 0 Å². The molecule has 5 rings (SSSR count). The maximum atomic E-state index is 13.3. The van der Waals surface area contributed by atoms with Crippen molar-refractivity contribution in [2.24, 2.45) is 0 Å². The standard InChI is InChI=1S/C31H23N5O5S3/c37-28(35-31-34-25(18-44-31)27-11-6-16-42-27)19-43-23-14-12-22(13-15-23)32-30(39)24(33-29(38)20-7-2-1-3-8-20)17-21-9-4-5-10-26(21)36(40)41/h1-18H,19H2,(H,32,39)(H,33,38)(H,34,35,37)/b24-17-. The SMILES string of the molecule is O=C(CSc1ccc(NC(=O)/C(=C/c2ccccc2[N+](=O)[O-])NC(=O)c2ccccc2)cc1)Nc1nc(-c2cccs2)cs1. The van der Waals surface area contributed by atoms with E-state index >= 15 is 0 Å². The molecule has 5 aromatic rings. The topological polar surface area (TPSA) is 143 Å². The van der Waals surface area contributed by atoms with Gasteiger partial charge in [-0.05, 0) is 60.0 Å². The van der Waals surface area contributed by atoms with E-state index in [1.54, 1.807) is 72.0 Å². The van der Waals surface area contributed by atoms with Crippen LogP contribution in [0.15, 0.2) is 112 Å². The van der Waals surface area contributed by atoms with Crippen molar-refractivity contribution in [1.29, 1.82) is 0 Å². The van der Waals surface area contributed by atoms with Gasteiger partial charge in [0.15, 0.2) is 5.13 Å². The van der Waals surface area contributed by atoms with E-state index in [1.165, 1.54) is 47.4 Å². The summed E-state index contributed by atoms with van der Waals surface area (Å²) < 4.78 is 0. The third kappa shape index (κ3) is 8.04. The number of carbonyl (C=O) groups excluding carboxylic acids is 3. The van der Waals surface area contributed by atoms with Gasteiger partial charge in [-0.2, -0.15) is 0 Å². The van der Waals surface area contributed by atoms with Gasteiger partial charge in [0.05, 0.1) is 26.8 Å². The summed E-state index contributed by atoms with van der Waals surface area (Å²) in [6.45, 7) is 0. The first kappa shape index (κ1) is 30.4. The van der Waals surface area contributed by atoms with Crippen LogP contribution in [0.25, 0.3) is 16.6 Å². The highest BCUT2D eigenvalue weighted by Gasteiger charge is 2.18. The van der Waals surface area contributed by atoms with E-state index in [9.17, 15) is 24.5 Å². The molecule has 0 aliphatic rings. The van der Waals surface area contributed by atoms with Gasteiger partial charge in [-0.1, -0.05) is 36.4 Å². The Morgan fingerprint density at radius 2 is 1.64 bits per heavy atom. The Hall–Kier alpha value is -5.11. The molecule has 44 heavy (non-hydrogen) atoms. The zero-order valence-corrected chi connectivity index (χ0v) is 25.2. The maximum absolute atomic E-state index is 13.3. The molecule has 3 aromatic carbocycles. The lowest BCUT2D eigenvalue weighted by atomic mass is 10.1. The molecule has 0 spiro atoms. The number of hydrogen-bond donors (Lipinski definition) is 3. The van der Waals surface area contributed by atoms with Crippen molar-refractivity contribution < 1.29 is 19.3 Å². The van der Waals surface area contributed by atoms with Gasteiger partial charge in [-0.15, -0.1) is 34.4 Å². The number of nitrogens with one attached hydrogen (secondary N) is 3. The van der Waals surface area contributed by atoms with Gasteiger partial charge in [0.2, 0.25) is 5.91 Å². The van der Waals surface area contributed by atoms with Crippen molar-refractivity contribution in [1.82, 2.24) is 10.3 Å². The molecule has 2 aromatic heterocycles. The summed E-state index contributed by atoms with van der Waals surface area (Å²) in [6.07, 6.45) is 1.27. The Bertz CT molecular complexity index is 1820. The third-order valence-corrected chi connectivity index (χ3v) is 8.63. The van der Waals surface area contributed by atoms with Gasteiger partial charge in [0.1, 0.15) is 5.70 Å². The first-order valence-electron chi connectivity index (χ1n) is 13.0.